The molecule has 0 aliphatic heterocycles. The average Bonchev–Trinajstić information content (AvgIpc) is 3.30. The summed E-state index contributed by atoms with van der Waals surface area (Å²) in [5, 5.41) is 18.1. The van der Waals surface area contributed by atoms with Crippen LogP contribution in [-0.4, -0.2) is 43.0 Å². The summed E-state index contributed by atoms with van der Waals surface area (Å²) in [6.07, 6.45) is 0.919. The second-order valence-corrected chi connectivity index (χ2v) is 9.96. The van der Waals surface area contributed by atoms with Gasteiger partial charge in [0.2, 0.25) is 5.91 Å². The van der Waals surface area contributed by atoms with Gasteiger partial charge in [-0.2, -0.15) is 5.10 Å². The molecule has 3 aromatic heterocycles. The lowest BCUT2D eigenvalue weighted by atomic mass is 10.2. The van der Waals surface area contributed by atoms with E-state index in [2.05, 4.69) is 20.6 Å². The van der Waals surface area contributed by atoms with E-state index < -0.39 is 0 Å². The SMILES string of the molecule is CCCNC(=O)CSc1nnc(Sc2nc3c(Cl)c(C)nn3c3ccccc23)s1. The molecule has 150 valence electrons. The number of aryl methyl sites for hydroxylation is 1. The first-order chi connectivity index (χ1) is 14.1. The van der Waals surface area contributed by atoms with E-state index in [0.29, 0.717) is 23.0 Å². The molecule has 0 spiro atoms. The van der Waals surface area contributed by atoms with Crippen LogP contribution in [0.2, 0.25) is 5.02 Å². The van der Waals surface area contributed by atoms with Crippen molar-refractivity contribution in [2.45, 2.75) is 34.0 Å². The van der Waals surface area contributed by atoms with Gasteiger partial charge in [-0.15, -0.1) is 10.2 Å². The first-order valence-electron chi connectivity index (χ1n) is 8.91. The van der Waals surface area contributed by atoms with Crippen LogP contribution in [-0.2, 0) is 4.79 Å². The van der Waals surface area contributed by atoms with Gasteiger partial charge < -0.3 is 5.32 Å². The van der Waals surface area contributed by atoms with Crippen molar-refractivity contribution in [1.82, 2.24) is 30.1 Å². The number of hydrogen-bond donors (Lipinski definition) is 1. The third-order valence-corrected chi connectivity index (χ3v) is 7.56. The first kappa shape index (κ1) is 20.4. The first-order valence-corrected chi connectivity index (χ1v) is 11.9. The Balaban J connectivity index is 1.59. The van der Waals surface area contributed by atoms with E-state index >= 15 is 0 Å². The Kier molecular flexibility index (Phi) is 6.23. The van der Waals surface area contributed by atoms with Crippen molar-refractivity contribution in [1.29, 1.82) is 0 Å². The van der Waals surface area contributed by atoms with Crippen molar-refractivity contribution in [2.24, 2.45) is 0 Å². The summed E-state index contributed by atoms with van der Waals surface area (Å²) in [7, 11) is 0. The largest absolute Gasteiger partial charge is 0.355 e. The fourth-order valence-electron chi connectivity index (χ4n) is 2.66. The topological polar surface area (TPSA) is 85.1 Å². The van der Waals surface area contributed by atoms with E-state index in [-0.39, 0.29) is 5.91 Å². The van der Waals surface area contributed by atoms with Crippen molar-refractivity contribution in [3.8, 4) is 0 Å². The highest BCUT2D eigenvalue weighted by Crippen LogP contribution is 2.37. The number of rotatable bonds is 7. The van der Waals surface area contributed by atoms with E-state index in [1.165, 1.54) is 34.9 Å². The van der Waals surface area contributed by atoms with Gasteiger partial charge >= 0.3 is 0 Å². The minimum atomic E-state index is 0.00473. The quantitative estimate of drug-likeness (QED) is 0.319. The molecule has 0 fully saturated rings. The van der Waals surface area contributed by atoms with Gasteiger partial charge in [-0.1, -0.05) is 59.8 Å². The fraction of sp³-hybridized carbons (Fsp3) is 0.278. The summed E-state index contributed by atoms with van der Waals surface area (Å²) in [6.45, 7) is 4.58. The van der Waals surface area contributed by atoms with Gasteiger partial charge in [0.25, 0.3) is 0 Å². The van der Waals surface area contributed by atoms with Crippen LogP contribution >= 0.6 is 46.5 Å². The number of halogens is 1. The zero-order valence-corrected chi connectivity index (χ0v) is 18.9. The van der Waals surface area contributed by atoms with Crippen molar-refractivity contribution in [3.05, 3.63) is 35.0 Å². The molecule has 1 N–H and O–H groups in total. The van der Waals surface area contributed by atoms with Crippen LogP contribution in [0.1, 0.15) is 19.0 Å². The van der Waals surface area contributed by atoms with E-state index in [1.807, 2.05) is 38.1 Å². The Morgan fingerprint density at radius 3 is 2.90 bits per heavy atom. The molecule has 0 aliphatic carbocycles. The number of benzene rings is 1. The molecular formula is C18H17ClN6OS3. The third-order valence-electron chi connectivity index (χ3n) is 4.01. The van der Waals surface area contributed by atoms with E-state index in [9.17, 15) is 4.79 Å². The molecule has 0 saturated heterocycles. The van der Waals surface area contributed by atoms with Gasteiger partial charge in [0.15, 0.2) is 14.3 Å². The Labute approximate surface area is 184 Å². The molecule has 29 heavy (non-hydrogen) atoms. The number of nitrogens with zero attached hydrogens (tertiary/aromatic N) is 5. The molecule has 3 heterocycles. The van der Waals surface area contributed by atoms with Gasteiger partial charge in [0.1, 0.15) is 10.0 Å². The van der Waals surface area contributed by atoms with E-state index in [0.717, 1.165) is 36.7 Å². The predicted octanol–water partition coefficient (Wildman–Crippen LogP) is 4.47. The van der Waals surface area contributed by atoms with Crippen molar-refractivity contribution >= 4 is 68.9 Å². The molecule has 0 aliphatic rings. The maximum absolute atomic E-state index is 11.8. The monoisotopic (exact) mass is 464 g/mol. The van der Waals surface area contributed by atoms with Gasteiger partial charge in [0.05, 0.1) is 17.0 Å². The lowest BCUT2D eigenvalue weighted by molar-refractivity contribution is -0.118. The number of nitrogens with one attached hydrogen (secondary N) is 1. The fourth-order valence-corrected chi connectivity index (χ4v) is 5.69. The minimum absolute atomic E-state index is 0.00473. The molecule has 1 amide bonds. The number of thioether (sulfide) groups is 1. The molecule has 4 aromatic rings. The second-order valence-electron chi connectivity index (χ2n) is 6.14. The van der Waals surface area contributed by atoms with Crippen molar-refractivity contribution in [3.63, 3.8) is 0 Å². The summed E-state index contributed by atoms with van der Waals surface area (Å²) < 4.78 is 3.28. The molecule has 4 rings (SSSR count). The van der Waals surface area contributed by atoms with Gasteiger partial charge in [-0.25, -0.2) is 9.50 Å². The zero-order chi connectivity index (χ0) is 20.4. The number of fused-ring (bicyclic) bond motifs is 3. The highest BCUT2D eigenvalue weighted by atomic mass is 35.5. The summed E-state index contributed by atoms with van der Waals surface area (Å²) in [5.41, 5.74) is 2.29. The van der Waals surface area contributed by atoms with E-state index in [1.54, 1.807) is 4.52 Å². The zero-order valence-electron chi connectivity index (χ0n) is 15.7. The molecule has 7 nitrogen and oxygen atoms in total. The van der Waals surface area contributed by atoms with Crippen LogP contribution in [0.15, 0.2) is 38.0 Å². The van der Waals surface area contributed by atoms with Gasteiger partial charge in [-0.05, 0) is 31.2 Å². The Bertz CT molecular complexity index is 1190. The highest BCUT2D eigenvalue weighted by Gasteiger charge is 2.17. The van der Waals surface area contributed by atoms with Crippen LogP contribution < -0.4 is 5.32 Å². The molecule has 0 unspecified atom stereocenters. The number of carbonyl (C=O) groups is 1. The van der Waals surface area contributed by atoms with Gasteiger partial charge in [-0.3, -0.25) is 4.79 Å². The standard InChI is InChI=1S/C18H17ClN6OS3/c1-3-8-20-13(26)9-27-17-22-23-18(29-17)28-16-11-6-4-5-7-12(11)25-15(21-16)14(19)10(2)24-25/h4-7H,3,8-9H2,1-2H3,(H,20,26). The van der Waals surface area contributed by atoms with Crippen LogP contribution in [0.25, 0.3) is 16.6 Å². The smallest absolute Gasteiger partial charge is 0.230 e. The number of amides is 1. The average molecular weight is 465 g/mol. The third kappa shape index (κ3) is 4.35. The van der Waals surface area contributed by atoms with Crippen LogP contribution in [0.4, 0.5) is 0 Å². The summed E-state index contributed by atoms with van der Waals surface area (Å²) in [4.78, 5) is 16.5. The molecule has 0 atom stereocenters. The van der Waals surface area contributed by atoms with Crippen LogP contribution in [0, 0.1) is 6.92 Å². The molecule has 0 radical (unpaired) electrons. The number of para-hydroxylation sites is 1. The second kappa shape index (κ2) is 8.86. The normalized spacial score (nSPS) is 11.4. The Morgan fingerprint density at radius 2 is 2.07 bits per heavy atom. The molecule has 0 bridgehead atoms. The summed E-state index contributed by atoms with van der Waals surface area (Å²) in [5.74, 6) is 0.335. The minimum Gasteiger partial charge on any atom is -0.355 e. The summed E-state index contributed by atoms with van der Waals surface area (Å²) in [6, 6.07) is 7.93. The summed E-state index contributed by atoms with van der Waals surface area (Å²) >= 11 is 10.7. The van der Waals surface area contributed by atoms with Crippen molar-refractivity contribution in [2.75, 3.05) is 12.3 Å². The van der Waals surface area contributed by atoms with Crippen molar-refractivity contribution < 1.29 is 4.79 Å². The predicted molar refractivity (Wildman–Crippen MR) is 118 cm³/mol. The molecule has 1 aromatic carbocycles. The van der Waals surface area contributed by atoms with Gasteiger partial charge in [0, 0.05) is 11.9 Å². The molecular weight excluding hydrogens is 448 g/mol. The molecule has 11 heteroatoms. The maximum atomic E-state index is 11.8. The molecule has 0 saturated carbocycles. The maximum Gasteiger partial charge on any atom is 0.230 e. The highest BCUT2D eigenvalue weighted by molar-refractivity contribution is 8.03. The lowest BCUT2D eigenvalue weighted by Crippen LogP contribution is -2.25. The van der Waals surface area contributed by atoms with Crippen LogP contribution in [0.3, 0.4) is 0 Å². The Hall–Kier alpha value is -1.88. The number of aromatic nitrogens is 5. The number of hydrogen-bond acceptors (Lipinski definition) is 8. The lowest BCUT2D eigenvalue weighted by Gasteiger charge is -2.06. The van der Waals surface area contributed by atoms with E-state index in [4.69, 9.17) is 16.6 Å². The Morgan fingerprint density at radius 1 is 1.28 bits per heavy atom. The number of carbonyl (C=O) groups excluding carboxylic acids is 1. The van der Waals surface area contributed by atoms with Crippen LogP contribution in [0.5, 0.6) is 0 Å².